The fourth-order valence-electron chi connectivity index (χ4n) is 4.92. The zero-order valence-corrected chi connectivity index (χ0v) is 17.8. The van der Waals surface area contributed by atoms with Crippen LogP contribution in [0.15, 0.2) is 58.5 Å². The fourth-order valence-corrected chi connectivity index (χ4v) is 4.92. The maximum Gasteiger partial charge on any atom is 0.0664 e. The molecule has 3 atom stereocenters. The largest absolute Gasteiger partial charge is 0.390 e. The lowest BCUT2D eigenvalue weighted by Gasteiger charge is -2.30. The van der Waals surface area contributed by atoms with E-state index in [9.17, 15) is 5.11 Å². The maximum atomic E-state index is 10.0. The molecule has 0 aromatic heterocycles. The van der Waals surface area contributed by atoms with Gasteiger partial charge in [-0.25, -0.2) is 0 Å². The van der Waals surface area contributed by atoms with Crippen LogP contribution in [0.4, 0.5) is 11.4 Å². The van der Waals surface area contributed by atoms with Gasteiger partial charge in [0.15, 0.2) is 0 Å². The Morgan fingerprint density at radius 3 is 1.93 bits per heavy atom. The molecule has 0 radical (unpaired) electrons. The van der Waals surface area contributed by atoms with E-state index in [-0.39, 0.29) is 0 Å². The van der Waals surface area contributed by atoms with Crippen molar-refractivity contribution in [3.8, 4) is 0 Å². The maximum absolute atomic E-state index is 10.0. The summed E-state index contributed by atoms with van der Waals surface area (Å²) in [6, 6.07) is 17.1. The van der Waals surface area contributed by atoms with Crippen molar-refractivity contribution >= 4 is 23.8 Å². The Balaban J connectivity index is 1.56. The van der Waals surface area contributed by atoms with Crippen LogP contribution in [0.5, 0.6) is 0 Å². The first-order chi connectivity index (χ1) is 13.9. The first-order valence-corrected chi connectivity index (χ1v) is 10.9. The third kappa shape index (κ3) is 4.51. The molecule has 2 aromatic carbocycles. The summed E-state index contributed by atoms with van der Waals surface area (Å²) in [6.07, 6.45) is 8.49. The molecular formula is C26H32N2O. The minimum Gasteiger partial charge on any atom is -0.390 e. The molecule has 3 unspecified atom stereocenters. The SMILES string of the molecule is CC(CCCC(C)(C)O)CC(C1C=Nc2ccccc21)C1C=Nc2ccccc21. The molecule has 0 saturated heterocycles. The van der Waals surface area contributed by atoms with E-state index >= 15 is 0 Å². The van der Waals surface area contributed by atoms with Gasteiger partial charge in [-0.15, -0.1) is 0 Å². The number of aliphatic imine (C=N–C) groups is 2. The smallest absolute Gasteiger partial charge is 0.0664 e. The number of aliphatic hydroxyl groups is 1. The monoisotopic (exact) mass is 388 g/mol. The molecule has 0 saturated carbocycles. The fraction of sp³-hybridized carbons (Fsp3) is 0.462. The number of rotatable bonds is 8. The topological polar surface area (TPSA) is 45.0 Å². The van der Waals surface area contributed by atoms with Gasteiger partial charge in [0.25, 0.3) is 0 Å². The van der Waals surface area contributed by atoms with Crippen LogP contribution in [0.25, 0.3) is 0 Å². The molecule has 2 aliphatic rings. The van der Waals surface area contributed by atoms with Crippen molar-refractivity contribution in [1.29, 1.82) is 0 Å². The minimum atomic E-state index is -0.576. The van der Waals surface area contributed by atoms with Crippen molar-refractivity contribution in [3.05, 3.63) is 59.7 Å². The average molecular weight is 389 g/mol. The van der Waals surface area contributed by atoms with Crippen LogP contribution >= 0.6 is 0 Å². The van der Waals surface area contributed by atoms with Gasteiger partial charge in [0, 0.05) is 24.3 Å². The Hall–Kier alpha value is -2.26. The zero-order chi connectivity index (χ0) is 20.4. The van der Waals surface area contributed by atoms with Crippen LogP contribution in [0, 0.1) is 11.8 Å². The van der Waals surface area contributed by atoms with Gasteiger partial charge in [-0.1, -0.05) is 56.2 Å². The molecule has 29 heavy (non-hydrogen) atoms. The standard InChI is InChI=1S/C26H32N2O/c1-18(9-8-14-26(2,3)29)15-21(22-16-27-24-12-6-4-10-19(22)24)23-17-28-25-13-7-5-11-20(23)25/h4-7,10-13,16-18,21-23,29H,8-9,14-15H2,1-3H3. The molecule has 1 N–H and O–H groups in total. The van der Waals surface area contributed by atoms with Gasteiger partial charge in [0.2, 0.25) is 0 Å². The summed E-state index contributed by atoms with van der Waals surface area (Å²) in [5.74, 6) is 1.67. The van der Waals surface area contributed by atoms with Crippen LogP contribution in [-0.4, -0.2) is 23.1 Å². The molecule has 0 fully saturated rings. The van der Waals surface area contributed by atoms with Gasteiger partial charge >= 0.3 is 0 Å². The van der Waals surface area contributed by atoms with E-state index in [2.05, 4.69) is 67.9 Å². The van der Waals surface area contributed by atoms with E-state index in [0.29, 0.717) is 23.7 Å². The molecule has 4 rings (SSSR count). The highest BCUT2D eigenvalue weighted by Crippen LogP contribution is 2.48. The Morgan fingerprint density at radius 1 is 0.897 bits per heavy atom. The number of hydrogen-bond donors (Lipinski definition) is 1. The Kier molecular flexibility index (Phi) is 5.69. The molecular weight excluding hydrogens is 356 g/mol. The second-order valence-corrected chi connectivity index (χ2v) is 9.43. The van der Waals surface area contributed by atoms with Gasteiger partial charge < -0.3 is 5.11 Å². The van der Waals surface area contributed by atoms with Crippen LogP contribution in [0.1, 0.15) is 69.4 Å². The van der Waals surface area contributed by atoms with E-state index in [4.69, 9.17) is 9.98 Å². The van der Waals surface area contributed by atoms with Crippen molar-refractivity contribution < 1.29 is 5.11 Å². The number of hydrogen-bond acceptors (Lipinski definition) is 3. The van der Waals surface area contributed by atoms with Gasteiger partial charge in [-0.3, -0.25) is 9.98 Å². The van der Waals surface area contributed by atoms with Crippen molar-refractivity contribution in [2.75, 3.05) is 0 Å². The molecule has 0 aliphatic carbocycles. The summed E-state index contributed by atoms with van der Waals surface area (Å²) < 4.78 is 0. The van der Waals surface area contributed by atoms with E-state index < -0.39 is 5.60 Å². The van der Waals surface area contributed by atoms with E-state index in [0.717, 1.165) is 37.1 Å². The number of para-hydroxylation sites is 2. The number of benzene rings is 2. The predicted octanol–water partition coefficient (Wildman–Crippen LogP) is 6.57. The van der Waals surface area contributed by atoms with Gasteiger partial charge in [0.05, 0.1) is 17.0 Å². The minimum absolute atomic E-state index is 0.325. The van der Waals surface area contributed by atoms with E-state index in [1.165, 1.54) is 11.1 Å². The Labute approximate surface area is 174 Å². The van der Waals surface area contributed by atoms with Gasteiger partial charge in [0.1, 0.15) is 0 Å². The van der Waals surface area contributed by atoms with Gasteiger partial charge in [-0.05, 0) is 61.8 Å². The molecule has 3 heteroatoms. The Bertz CT molecular complexity index is 847. The summed E-state index contributed by atoms with van der Waals surface area (Å²) in [7, 11) is 0. The van der Waals surface area contributed by atoms with Crippen LogP contribution in [-0.2, 0) is 0 Å². The highest BCUT2D eigenvalue weighted by Gasteiger charge is 2.36. The molecule has 3 nitrogen and oxygen atoms in total. The quantitative estimate of drug-likeness (QED) is 0.546. The highest BCUT2D eigenvalue weighted by molar-refractivity contribution is 5.85. The van der Waals surface area contributed by atoms with Crippen LogP contribution in [0.2, 0.25) is 0 Å². The molecule has 152 valence electrons. The normalized spacial score (nSPS) is 21.8. The lowest BCUT2D eigenvalue weighted by Crippen LogP contribution is -2.23. The summed E-state index contributed by atoms with van der Waals surface area (Å²) in [6.45, 7) is 6.16. The second-order valence-electron chi connectivity index (χ2n) is 9.43. The lowest BCUT2D eigenvalue weighted by atomic mass is 9.72. The second kappa shape index (κ2) is 8.23. The Morgan fingerprint density at radius 2 is 1.41 bits per heavy atom. The first kappa shape index (κ1) is 20.0. The molecule has 2 aliphatic heterocycles. The molecule has 2 heterocycles. The highest BCUT2D eigenvalue weighted by atomic mass is 16.3. The summed E-state index contributed by atoms with van der Waals surface area (Å²) in [5.41, 5.74) is 4.34. The number of nitrogens with zero attached hydrogens (tertiary/aromatic N) is 2. The lowest BCUT2D eigenvalue weighted by molar-refractivity contribution is 0.0666. The predicted molar refractivity (Wildman–Crippen MR) is 122 cm³/mol. The van der Waals surface area contributed by atoms with Crippen LogP contribution in [0.3, 0.4) is 0 Å². The van der Waals surface area contributed by atoms with Crippen molar-refractivity contribution in [2.24, 2.45) is 21.8 Å². The third-order valence-corrected chi connectivity index (χ3v) is 6.42. The zero-order valence-electron chi connectivity index (χ0n) is 17.8. The van der Waals surface area contributed by atoms with E-state index in [1.807, 2.05) is 13.8 Å². The summed E-state index contributed by atoms with van der Waals surface area (Å²) in [4.78, 5) is 9.46. The van der Waals surface area contributed by atoms with Crippen molar-refractivity contribution in [2.45, 2.75) is 63.9 Å². The van der Waals surface area contributed by atoms with Crippen LogP contribution < -0.4 is 0 Å². The van der Waals surface area contributed by atoms with Crippen molar-refractivity contribution in [3.63, 3.8) is 0 Å². The van der Waals surface area contributed by atoms with Gasteiger partial charge in [-0.2, -0.15) is 0 Å². The molecule has 0 amide bonds. The van der Waals surface area contributed by atoms with Crippen molar-refractivity contribution in [1.82, 2.24) is 0 Å². The number of fused-ring (bicyclic) bond motifs is 2. The summed E-state index contributed by atoms with van der Waals surface area (Å²) >= 11 is 0. The first-order valence-electron chi connectivity index (χ1n) is 10.9. The van der Waals surface area contributed by atoms with E-state index in [1.54, 1.807) is 0 Å². The molecule has 2 aromatic rings. The molecule has 0 spiro atoms. The molecule has 0 bridgehead atoms. The summed E-state index contributed by atoms with van der Waals surface area (Å²) in [5, 5.41) is 10.0. The third-order valence-electron chi connectivity index (χ3n) is 6.42. The average Bonchev–Trinajstić information content (AvgIpc) is 3.30.